The second-order valence-electron chi connectivity index (χ2n) is 4.79. The van der Waals surface area contributed by atoms with Gasteiger partial charge in [-0.15, -0.1) is 0 Å². The van der Waals surface area contributed by atoms with Crippen LogP contribution in [0.15, 0.2) is 18.2 Å². The third kappa shape index (κ3) is 3.32. The summed E-state index contributed by atoms with van der Waals surface area (Å²) < 4.78 is 0. The highest BCUT2D eigenvalue weighted by Gasteiger charge is 2.15. The highest BCUT2D eigenvalue weighted by Crippen LogP contribution is 2.17. The van der Waals surface area contributed by atoms with Gasteiger partial charge < -0.3 is 0 Å². The van der Waals surface area contributed by atoms with Crippen LogP contribution in [0.3, 0.4) is 0 Å². The van der Waals surface area contributed by atoms with Crippen molar-refractivity contribution < 1.29 is 0 Å². The van der Waals surface area contributed by atoms with Crippen LogP contribution in [0.5, 0.6) is 0 Å². The maximum absolute atomic E-state index is 5.64. The van der Waals surface area contributed by atoms with Gasteiger partial charge in [-0.3, -0.25) is 11.3 Å². The van der Waals surface area contributed by atoms with E-state index in [1.165, 1.54) is 16.7 Å². The highest BCUT2D eigenvalue weighted by atomic mass is 15.2. The Morgan fingerprint density at radius 2 is 2.00 bits per heavy atom. The number of rotatable bonds is 5. The number of benzene rings is 1. The molecule has 1 aromatic carbocycles. The summed E-state index contributed by atoms with van der Waals surface area (Å²) in [6, 6.07) is 6.98. The van der Waals surface area contributed by atoms with Crippen LogP contribution in [0.4, 0.5) is 0 Å². The average molecular weight is 220 g/mol. The summed E-state index contributed by atoms with van der Waals surface area (Å²) in [6.07, 6.45) is 2.17. The fraction of sp³-hybridized carbons (Fsp3) is 0.571. The Morgan fingerprint density at radius 3 is 2.56 bits per heavy atom. The fourth-order valence-electron chi connectivity index (χ4n) is 1.97. The summed E-state index contributed by atoms with van der Waals surface area (Å²) in [5, 5.41) is 0. The summed E-state index contributed by atoms with van der Waals surface area (Å²) in [5.74, 6) is 6.24. The van der Waals surface area contributed by atoms with E-state index in [1.807, 2.05) is 0 Å². The molecule has 3 N–H and O–H groups in total. The van der Waals surface area contributed by atoms with Crippen molar-refractivity contribution in [3.05, 3.63) is 34.9 Å². The zero-order chi connectivity index (χ0) is 12.1. The van der Waals surface area contributed by atoms with Crippen LogP contribution >= 0.6 is 0 Å². The van der Waals surface area contributed by atoms with Crippen molar-refractivity contribution in [2.24, 2.45) is 11.8 Å². The first-order valence-corrected chi connectivity index (χ1v) is 6.10. The number of hydrogen-bond acceptors (Lipinski definition) is 2. The number of nitrogens with one attached hydrogen (secondary N) is 1. The maximum atomic E-state index is 5.64. The SMILES string of the molecule is CCC(C)C(Cc1cc(C)ccc1C)NN. The highest BCUT2D eigenvalue weighted by molar-refractivity contribution is 5.31. The summed E-state index contributed by atoms with van der Waals surface area (Å²) >= 11 is 0. The summed E-state index contributed by atoms with van der Waals surface area (Å²) in [5.41, 5.74) is 7.03. The molecule has 0 spiro atoms. The van der Waals surface area contributed by atoms with E-state index in [0.29, 0.717) is 12.0 Å². The molecule has 2 unspecified atom stereocenters. The van der Waals surface area contributed by atoms with Gasteiger partial charge >= 0.3 is 0 Å². The second kappa shape index (κ2) is 6.02. The molecule has 2 atom stereocenters. The third-order valence-corrected chi connectivity index (χ3v) is 3.49. The van der Waals surface area contributed by atoms with E-state index in [0.717, 1.165) is 12.8 Å². The summed E-state index contributed by atoms with van der Waals surface area (Å²) in [7, 11) is 0. The molecule has 0 radical (unpaired) electrons. The van der Waals surface area contributed by atoms with Crippen molar-refractivity contribution in [3.8, 4) is 0 Å². The predicted molar refractivity (Wildman–Crippen MR) is 70.2 cm³/mol. The molecular formula is C14H24N2. The Hall–Kier alpha value is -0.860. The topological polar surface area (TPSA) is 38.0 Å². The quantitative estimate of drug-likeness (QED) is 0.591. The average Bonchev–Trinajstić information content (AvgIpc) is 2.29. The van der Waals surface area contributed by atoms with Crippen LogP contribution < -0.4 is 11.3 Å². The first kappa shape index (κ1) is 13.2. The summed E-state index contributed by atoms with van der Waals surface area (Å²) in [6.45, 7) is 8.75. The van der Waals surface area contributed by atoms with Crippen molar-refractivity contribution in [1.82, 2.24) is 5.43 Å². The lowest BCUT2D eigenvalue weighted by Crippen LogP contribution is -2.41. The third-order valence-electron chi connectivity index (χ3n) is 3.49. The lowest BCUT2D eigenvalue weighted by atomic mass is 9.91. The molecule has 0 aliphatic carbocycles. The van der Waals surface area contributed by atoms with Crippen molar-refractivity contribution in [3.63, 3.8) is 0 Å². The number of hydrogen-bond donors (Lipinski definition) is 2. The van der Waals surface area contributed by atoms with Gasteiger partial charge in [0, 0.05) is 6.04 Å². The van der Waals surface area contributed by atoms with Gasteiger partial charge in [-0.1, -0.05) is 44.0 Å². The van der Waals surface area contributed by atoms with E-state index in [4.69, 9.17) is 5.84 Å². The molecule has 0 bridgehead atoms. The molecule has 0 heterocycles. The van der Waals surface area contributed by atoms with Gasteiger partial charge in [-0.25, -0.2) is 0 Å². The van der Waals surface area contributed by atoms with E-state index in [2.05, 4.69) is 51.3 Å². The van der Waals surface area contributed by atoms with Gasteiger partial charge in [0.25, 0.3) is 0 Å². The predicted octanol–water partition coefficient (Wildman–Crippen LogP) is 2.72. The lowest BCUT2D eigenvalue weighted by Gasteiger charge is -2.23. The van der Waals surface area contributed by atoms with Gasteiger partial charge in [0.05, 0.1) is 0 Å². The Kier molecular flexibility index (Phi) is 4.97. The van der Waals surface area contributed by atoms with Crippen LogP contribution in [-0.4, -0.2) is 6.04 Å². The van der Waals surface area contributed by atoms with Gasteiger partial charge in [0.2, 0.25) is 0 Å². The fourth-order valence-corrected chi connectivity index (χ4v) is 1.97. The molecule has 0 amide bonds. The molecule has 0 saturated heterocycles. The molecule has 0 fully saturated rings. The minimum Gasteiger partial charge on any atom is -0.271 e. The summed E-state index contributed by atoms with van der Waals surface area (Å²) in [4.78, 5) is 0. The smallest absolute Gasteiger partial charge is 0.0276 e. The molecule has 0 aliphatic rings. The molecule has 0 saturated carbocycles. The molecule has 1 rings (SSSR count). The Balaban J connectivity index is 2.81. The molecule has 1 aromatic rings. The van der Waals surface area contributed by atoms with Gasteiger partial charge in [-0.05, 0) is 37.3 Å². The van der Waals surface area contributed by atoms with Crippen LogP contribution in [0.25, 0.3) is 0 Å². The van der Waals surface area contributed by atoms with Crippen LogP contribution in [-0.2, 0) is 6.42 Å². The Labute approximate surface area is 99.2 Å². The zero-order valence-corrected chi connectivity index (χ0v) is 10.9. The molecular weight excluding hydrogens is 196 g/mol. The Morgan fingerprint density at radius 1 is 1.31 bits per heavy atom. The first-order valence-electron chi connectivity index (χ1n) is 6.10. The maximum Gasteiger partial charge on any atom is 0.0276 e. The Bertz CT molecular complexity index is 334. The van der Waals surface area contributed by atoms with Crippen LogP contribution in [0.2, 0.25) is 0 Å². The van der Waals surface area contributed by atoms with E-state index in [1.54, 1.807) is 0 Å². The standard InChI is InChI=1S/C14H24N2/c1-5-11(3)14(16-15)9-13-8-10(2)6-7-12(13)4/h6-8,11,14,16H,5,9,15H2,1-4H3. The van der Waals surface area contributed by atoms with Gasteiger partial charge in [-0.2, -0.15) is 0 Å². The second-order valence-corrected chi connectivity index (χ2v) is 4.79. The zero-order valence-electron chi connectivity index (χ0n) is 10.9. The monoisotopic (exact) mass is 220 g/mol. The molecule has 0 aliphatic heterocycles. The van der Waals surface area contributed by atoms with Crippen LogP contribution in [0.1, 0.15) is 37.0 Å². The number of hydrazine groups is 1. The lowest BCUT2D eigenvalue weighted by molar-refractivity contribution is 0.369. The first-order chi connectivity index (χ1) is 7.58. The number of nitrogens with two attached hydrogens (primary N) is 1. The normalized spacial score (nSPS) is 14.8. The van der Waals surface area contributed by atoms with Gasteiger partial charge in [0.1, 0.15) is 0 Å². The van der Waals surface area contributed by atoms with E-state index >= 15 is 0 Å². The minimum atomic E-state index is 0.366. The largest absolute Gasteiger partial charge is 0.271 e. The molecule has 2 heteroatoms. The van der Waals surface area contributed by atoms with Crippen LogP contribution in [0, 0.1) is 19.8 Å². The van der Waals surface area contributed by atoms with Crippen molar-refractivity contribution in [2.45, 2.75) is 46.6 Å². The van der Waals surface area contributed by atoms with E-state index in [-0.39, 0.29) is 0 Å². The van der Waals surface area contributed by atoms with E-state index < -0.39 is 0 Å². The molecule has 0 aromatic heterocycles. The van der Waals surface area contributed by atoms with E-state index in [9.17, 15) is 0 Å². The molecule has 16 heavy (non-hydrogen) atoms. The van der Waals surface area contributed by atoms with Crippen molar-refractivity contribution in [1.29, 1.82) is 0 Å². The minimum absolute atomic E-state index is 0.366. The van der Waals surface area contributed by atoms with Crippen molar-refractivity contribution >= 4 is 0 Å². The van der Waals surface area contributed by atoms with Crippen molar-refractivity contribution in [2.75, 3.05) is 0 Å². The molecule has 90 valence electrons. The molecule has 2 nitrogen and oxygen atoms in total. The number of aryl methyl sites for hydroxylation is 2. The van der Waals surface area contributed by atoms with Gasteiger partial charge in [0.15, 0.2) is 0 Å².